The smallest absolute Gasteiger partial charge is 0.251 e. The second-order valence-corrected chi connectivity index (χ2v) is 8.53. The lowest BCUT2D eigenvalue weighted by atomic mass is 9.99. The third-order valence-corrected chi connectivity index (χ3v) is 6.06. The summed E-state index contributed by atoms with van der Waals surface area (Å²) >= 11 is 0. The van der Waals surface area contributed by atoms with Crippen LogP contribution in [-0.2, 0) is 24.4 Å². The van der Waals surface area contributed by atoms with Gasteiger partial charge in [0.1, 0.15) is 18.6 Å². The van der Waals surface area contributed by atoms with Crippen LogP contribution in [0.15, 0.2) is 78.9 Å². The van der Waals surface area contributed by atoms with Crippen LogP contribution in [0.2, 0.25) is 0 Å². The molecule has 0 aromatic heterocycles. The Hall–Kier alpha value is -3.92. The number of ether oxygens (including phenoxy) is 1. The van der Waals surface area contributed by atoms with Gasteiger partial charge in [0.15, 0.2) is 0 Å². The van der Waals surface area contributed by atoms with Gasteiger partial charge in [0.2, 0.25) is 0 Å². The molecule has 0 fully saturated rings. The van der Waals surface area contributed by atoms with Gasteiger partial charge in [-0.1, -0.05) is 72.8 Å². The normalized spacial score (nSPS) is 10.8. The molecule has 1 N–H and O–H groups in total. The van der Waals surface area contributed by atoms with Crippen molar-refractivity contribution in [1.82, 2.24) is 5.32 Å². The molecule has 0 bridgehead atoms. The maximum atomic E-state index is 13.2. The molecule has 0 unspecified atom stereocenters. The van der Waals surface area contributed by atoms with E-state index in [0.717, 1.165) is 50.6 Å². The molecule has 0 aliphatic rings. The van der Waals surface area contributed by atoms with E-state index in [9.17, 15) is 9.59 Å². The molecule has 4 rings (SSSR count). The first-order valence-electron chi connectivity index (χ1n) is 11.6. The fourth-order valence-electron chi connectivity index (χ4n) is 4.26. The number of carbonyl (C=O) groups excluding carboxylic acids is 2. The van der Waals surface area contributed by atoms with Gasteiger partial charge < -0.3 is 14.8 Å². The number of rotatable bonds is 9. The highest BCUT2D eigenvalue weighted by Gasteiger charge is 2.14. The minimum Gasteiger partial charge on any atom is -0.488 e. The Labute approximate surface area is 200 Å². The first kappa shape index (κ1) is 23.2. The number of hydrogen-bond acceptors (Lipinski definition) is 3. The average molecular weight is 452 g/mol. The van der Waals surface area contributed by atoms with Crippen LogP contribution in [0.25, 0.3) is 10.8 Å². The van der Waals surface area contributed by atoms with Crippen molar-refractivity contribution in [3.63, 3.8) is 0 Å². The van der Waals surface area contributed by atoms with E-state index in [2.05, 4.69) is 23.5 Å². The van der Waals surface area contributed by atoms with Crippen molar-refractivity contribution in [2.24, 2.45) is 0 Å². The number of carbonyl (C=O) groups is 2. The van der Waals surface area contributed by atoms with E-state index in [1.54, 1.807) is 0 Å². The Bertz CT molecular complexity index is 1300. The zero-order chi connectivity index (χ0) is 23.9. The monoisotopic (exact) mass is 451 g/mol. The zero-order valence-corrected chi connectivity index (χ0v) is 19.6. The van der Waals surface area contributed by atoms with Crippen LogP contribution >= 0.6 is 0 Å². The van der Waals surface area contributed by atoms with Gasteiger partial charge in [0.05, 0.1) is 0 Å². The minimum atomic E-state index is -0.150. The molecule has 4 aromatic rings. The molecule has 0 radical (unpaired) electrons. The van der Waals surface area contributed by atoms with Gasteiger partial charge in [-0.2, -0.15) is 0 Å². The second kappa shape index (κ2) is 10.8. The number of amides is 1. The van der Waals surface area contributed by atoms with Gasteiger partial charge in [0.25, 0.3) is 5.91 Å². The molecule has 172 valence electrons. The van der Waals surface area contributed by atoms with Crippen LogP contribution in [0.3, 0.4) is 0 Å². The number of fused-ring (bicyclic) bond motifs is 1. The molecule has 34 heavy (non-hydrogen) atoms. The summed E-state index contributed by atoms with van der Waals surface area (Å²) in [6.07, 6.45) is 1.79. The Morgan fingerprint density at radius 1 is 0.882 bits per heavy atom. The highest BCUT2D eigenvalue weighted by atomic mass is 16.5. The van der Waals surface area contributed by atoms with E-state index in [1.165, 1.54) is 0 Å². The summed E-state index contributed by atoms with van der Waals surface area (Å²) in [5.41, 5.74) is 5.58. The van der Waals surface area contributed by atoms with Crippen molar-refractivity contribution in [3.05, 3.63) is 112 Å². The van der Waals surface area contributed by atoms with Crippen molar-refractivity contribution in [3.8, 4) is 5.75 Å². The number of aryl methyl sites for hydroxylation is 3. The summed E-state index contributed by atoms with van der Waals surface area (Å²) < 4.78 is 6.10. The van der Waals surface area contributed by atoms with Crippen LogP contribution < -0.4 is 10.1 Å². The fraction of sp³-hybridized carbons (Fsp3) is 0.200. The Morgan fingerprint density at radius 3 is 2.41 bits per heavy atom. The van der Waals surface area contributed by atoms with Crippen LogP contribution in [0.1, 0.15) is 44.6 Å². The lowest BCUT2D eigenvalue weighted by Gasteiger charge is -2.15. The Balaban J connectivity index is 1.54. The summed E-state index contributed by atoms with van der Waals surface area (Å²) in [6, 6.07) is 26.1. The molecule has 0 aliphatic carbocycles. The SMILES string of the molecule is Cc1cccc(C)c1OCc1ccc(CCC=O)c(C(=O)NCc2cccc3ccccc23)c1. The van der Waals surface area contributed by atoms with Crippen LogP contribution in [0.4, 0.5) is 0 Å². The molecule has 0 heterocycles. The molecule has 1 amide bonds. The molecular weight excluding hydrogens is 422 g/mol. The summed E-state index contributed by atoms with van der Waals surface area (Å²) in [7, 11) is 0. The number of nitrogens with one attached hydrogen (secondary N) is 1. The van der Waals surface area contributed by atoms with Gasteiger partial charge in [-0.3, -0.25) is 4.79 Å². The fourth-order valence-corrected chi connectivity index (χ4v) is 4.26. The minimum absolute atomic E-state index is 0.150. The number of aldehydes is 1. The molecule has 0 atom stereocenters. The summed E-state index contributed by atoms with van der Waals surface area (Å²) in [5.74, 6) is 0.720. The summed E-state index contributed by atoms with van der Waals surface area (Å²) in [4.78, 5) is 24.2. The predicted molar refractivity (Wildman–Crippen MR) is 136 cm³/mol. The molecule has 4 nitrogen and oxygen atoms in total. The molecule has 0 aliphatic heterocycles. The highest BCUT2D eigenvalue weighted by molar-refractivity contribution is 5.96. The van der Waals surface area contributed by atoms with Gasteiger partial charge in [-0.15, -0.1) is 0 Å². The van der Waals surface area contributed by atoms with Crippen LogP contribution in [0.5, 0.6) is 5.75 Å². The second-order valence-electron chi connectivity index (χ2n) is 8.53. The van der Waals surface area contributed by atoms with Gasteiger partial charge >= 0.3 is 0 Å². The van der Waals surface area contributed by atoms with Crippen molar-refractivity contribution in [2.45, 2.75) is 39.8 Å². The Kier molecular flexibility index (Phi) is 7.38. The zero-order valence-electron chi connectivity index (χ0n) is 19.6. The summed E-state index contributed by atoms with van der Waals surface area (Å²) in [5, 5.41) is 5.35. The number of hydrogen-bond donors (Lipinski definition) is 1. The lowest BCUT2D eigenvalue weighted by molar-refractivity contribution is -0.107. The van der Waals surface area contributed by atoms with E-state index in [4.69, 9.17) is 4.74 Å². The number of para-hydroxylation sites is 1. The predicted octanol–water partition coefficient (Wildman–Crippen LogP) is 6.10. The van der Waals surface area contributed by atoms with Crippen LogP contribution in [-0.4, -0.2) is 12.2 Å². The van der Waals surface area contributed by atoms with E-state index in [0.29, 0.717) is 31.6 Å². The van der Waals surface area contributed by atoms with E-state index >= 15 is 0 Å². The number of benzene rings is 4. The van der Waals surface area contributed by atoms with Crippen molar-refractivity contribution in [2.75, 3.05) is 0 Å². The van der Waals surface area contributed by atoms with Gasteiger partial charge in [-0.05, 0) is 64.9 Å². The summed E-state index contributed by atoms with van der Waals surface area (Å²) in [6.45, 7) is 4.84. The van der Waals surface area contributed by atoms with Crippen molar-refractivity contribution in [1.29, 1.82) is 0 Å². The average Bonchev–Trinajstić information content (AvgIpc) is 2.86. The van der Waals surface area contributed by atoms with Crippen LogP contribution in [0, 0.1) is 13.8 Å². The first-order chi connectivity index (χ1) is 16.6. The maximum Gasteiger partial charge on any atom is 0.251 e. The Morgan fingerprint density at radius 2 is 1.62 bits per heavy atom. The van der Waals surface area contributed by atoms with Gasteiger partial charge in [0, 0.05) is 18.5 Å². The lowest BCUT2D eigenvalue weighted by Crippen LogP contribution is -2.24. The molecule has 0 spiro atoms. The van der Waals surface area contributed by atoms with E-state index in [-0.39, 0.29) is 5.91 Å². The third kappa shape index (κ3) is 5.34. The van der Waals surface area contributed by atoms with E-state index in [1.807, 2.05) is 74.5 Å². The standard InChI is InChI=1S/C30H29NO3/c1-21-8-5-9-22(2)29(21)34-20-23-15-16-25(13-7-17-32)28(18-23)30(33)31-19-26-12-6-11-24-10-3-4-14-27(24)26/h3-6,8-12,14-18H,7,13,19-20H2,1-2H3,(H,31,33). The molecule has 4 aromatic carbocycles. The molecular formula is C30H29NO3. The maximum absolute atomic E-state index is 13.2. The topological polar surface area (TPSA) is 55.4 Å². The van der Waals surface area contributed by atoms with Crippen molar-refractivity contribution >= 4 is 23.0 Å². The van der Waals surface area contributed by atoms with E-state index < -0.39 is 0 Å². The van der Waals surface area contributed by atoms with Gasteiger partial charge in [-0.25, -0.2) is 0 Å². The van der Waals surface area contributed by atoms with Crippen molar-refractivity contribution < 1.29 is 14.3 Å². The third-order valence-electron chi connectivity index (χ3n) is 6.06. The molecule has 4 heteroatoms. The highest BCUT2D eigenvalue weighted by Crippen LogP contribution is 2.24. The molecule has 0 saturated carbocycles. The largest absolute Gasteiger partial charge is 0.488 e. The molecule has 0 saturated heterocycles. The quantitative estimate of drug-likeness (QED) is 0.313. The first-order valence-corrected chi connectivity index (χ1v) is 11.6.